The van der Waals surface area contributed by atoms with Crippen LogP contribution in [0.3, 0.4) is 0 Å². The number of sulfonamides is 1. The van der Waals surface area contributed by atoms with Crippen molar-refractivity contribution in [3.05, 3.63) is 59.3 Å². The number of aromatic nitrogens is 1. The molecule has 7 nitrogen and oxygen atoms in total. The number of amides is 1. The fourth-order valence-electron chi connectivity index (χ4n) is 4.16. The van der Waals surface area contributed by atoms with E-state index < -0.39 is 10.0 Å². The van der Waals surface area contributed by atoms with E-state index in [1.807, 2.05) is 24.4 Å². The van der Waals surface area contributed by atoms with Gasteiger partial charge in [-0.25, -0.2) is 13.6 Å². The highest BCUT2D eigenvalue weighted by molar-refractivity contribution is 7.89. The van der Waals surface area contributed by atoms with Crippen molar-refractivity contribution in [2.45, 2.75) is 30.6 Å². The van der Waals surface area contributed by atoms with Crippen molar-refractivity contribution < 1.29 is 17.9 Å². The van der Waals surface area contributed by atoms with Gasteiger partial charge in [0.25, 0.3) is 5.91 Å². The number of nitrogens with two attached hydrogens (primary N) is 1. The first-order chi connectivity index (χ1) is 14.3. The van der Waals surface area contributed by atoms with Crippen LogP contribution >= 0.6 is 0 Å². The molecule has 0 spiro atoms. The maximum absolute atomic E-state index is 13.1. The summed E-state index contributed by atoms with van der Waals surface area (Å²) in [5.74, 6) is 1.00. The Balaban J connectivity index is 1.52. The lowest BCUT2D eigenvalue weighted by Gasteiger charge is -2.32. The number of benzene rings is 2. The highest BCUT2D eigenvalue weighted by Crippen LogP contribution is 2.35. The normalized spacial score (nSPS) is 15.5. The summed E-state index contributed by atoms with van der Waals surface area (Å²) in [6, 6.07) is 10.4. The summed E-state index contributed by atoms with van der Waals surface area (Å²) in [5, 5.41) is 6.38. The van der Waals surface area contributed by atoms with Gasteiger partial charge in [-0.1, -0.05) is 6.07 Å². The van der Waals surface area contributed by atoms with E-state index in [9.17, 15) is 13.2 Å². The van der Waals surface area contributed by atoms with Crippen LogP contribution in [0.15, 0.2) is 47.5 Å². The first-order valence-corrected chi connectivity index (χ1v) is 11.4. The number of H-pyrrole nitrogens is 1. The minimum absolute atomic E-state index is 0.0425. The molecule has 30 heavy (non-hydrogen) atoms. The molecule has 8 heteroatoms. The summed E-state index contributed by atoms with van der Waals surface area (Å²) in [5.41, 5.74) is 3.43. The predicted molar refractivity (Wildman–Crippen MR) is 115 cm³/mol. The van der Waals surface area contributed by atoms with Gasteiger partial charge in [-0.3, -0.25) is 4.79 Å². The molecular formula is C22H25N3O4S. The largest absolute Gasteiger partial charge is 0.497 e. The van der Waals surface area contributed by atoms with Gasteiger partial charge in [-0.15, -0.1) is 0 Å². The zero-order valence-electron chi connectivity index (χ0n) is 17.0. The van der Waals surface area contributed by atoms with E-state index in [0.717, 1.165) is 35.1 Å². The molecule has 0 unspecified atom stereocenters. The molecule has 1 amide bonds. The average Bonchev–Trinajstić information content (AvgIpc) is 3.16. The number of nitrogens with zero attached hydrogens (tertiary/aromatic N) is 1. The van der Waals surface area contributed by atoms with Gasteiger partial charge < -0.3 is 14.6 Å². The number of aromatic amines is 1. The number of rotatable bonds is 4. The van der Waals surface area contributed by atoms with E-state index in [2.05, 4.69) is 4.98 Å². The number of aryl methyl sites for hydroxylation is 1. The fraction of sp³-hybridized carbons (Fsp3) is 0.318. The Hall–Kier alpha value is -2.84. The number of hydrogen-bond acceptors (Lipinski definition) is 4. The van der Waals surface area contributed by atoms with Crippen LogP contribution in [-0.4, -0.2) is 44.4 Å². The third-order valence-electron chi connectivity index (χ3n) is 5.91. The molecule has 158 valence electrons. The summed E-state index contributed by atoms with van der Waals surface area (Å²) in [6.45, 7) is 3.02. The molecule has 0 aliphatic carbocycles. The molecule has 1 aliphatic heterocycles. The van der Waals surface area contributed by atoms with Crippen molar-refractivity contribution in [3.8, 4) is 5.75 Å². The molecule has 1 saturated heterocycles. The standard InChI is InChI=1S/C22H25N3O4S/c1-14-3-5-17(30(23,27)28)12-18(14)22(26)25-9-7-15(8-10-25)20-13-24-21-6-4-16(29-2)11-19(20)21/h3-6,11-13,15,24H,7-10H2,1-2H3,(H2,23,27,28). The van der Waals surface area contributed by atoms with E-state index in [0.29, 0.717) is 24.6 Å². The number of hydrogen-bond donors (Lipinski definition) is 2. The van der Waals surface area contributed by atoms with Gasteiger partial charge in [0, 0.05) is 35.8 Å². The molecule has 0 atom stereocenters. The predicted octanol–water partition coefficient (Wildman–Crippen LogP) is 3.15. The Morgan fingerprint density at radius 3 is 2.57 bits per heavy atom. The highest BCUT2D eigenvalue weighted by Gasteiger charge is 2.27. The number of fused-ring (bicyclic) bond motifs is 1. The summed E-state index contributed by atoms with van der Waals surface area (Å²) < 4.78 is 28.7. The Bertz CT molecular complexity index is 1210. The lowest BCUT2D eigenvalue weighted by atomic mass is 9.89. The average molecular weight is 428 g/mol. The molecule has 1 aromatic heterocycles. The van der Waals surface area contributed by atoms with Crippen LogP contribution < -0.4 is 9.88 Å². The number of nitrogens with one attached hydrogen (secondary N) is 1. The molecule has 0 radical (unpaired) electrons. The summed E-state index contributed by atoms with van der Waals surface area (Å²) >= 11 is 0. The second kappa shape index (κ2) is 7.77. The maximum Gasteiger partial charge on any atom is 0.254 e. The molecule has 2 aromatic carbocycles. The second-order valence-corrected chi connectivity index (χ2v) is 9.31. The van der Waals surface area contributed by atoms with Crippen LogP contribution in [-0.2, 0) is 10.0 Å². The zero-order chi connectivity index (χ0) is 21.5. The molecule has 1 aliphatic rings. The smallest absolute Gasteiger partial charge is 0.254 e. The number of carbonyl (C=O) groups is 1. The van der Waals surface area contributed by atoms with Crippen LogP contribution in [0.1, 0.15) is 40.2 Å². The van der Waals surface area contributed by atoms with Crippen molar-refractivity contribution >= 4 is 26.8 Å². The fourth-order valence-corrected chi connectivity index (χ4v) is 4.70. The van der Waals surface area contributed by atoms with Gasteiger partial charge in [0.15, 0.2) is 0 Å². The number of likely N-dealkylation sites (tertiary alicyclic amines) is 1. The molecule has 0 saturated carbocycles. The van der Waals surface area contributed by atoms with E-state index in [4.69, 9.17) is 9.88 Å². The lowest BCUT2D eigenvalue weighted by Crippen LogP contribution is -2.38. The van der Waals surface area contributed by atoms with E-state index in [1.54, 1.807) is 25.0 Å². The third-order valence-corrected chi connectivity index (χ3v) is 6.82. The third kappa shape index (κ3) is 3.80. The number of carbonyl (C=O) groups excluding carboxylic acids is 1. The van der Waals surface area contributed by atoms with Gasteiger partial charge in [0.05, 0.1) is 12.0 Å². The van der Waals surface area contributed by atoms with E-state index in [-0.39, 0.29) is 10.8 Å². The van der Waals surface area contributed by atoms with Gasteiger partial charge in [0.2, 0.25) is 10.0 Å². The van der Waals surface area contributed by atoms with Crippen LogP contribution in [0, 0.1) is 6.92 Å². The van der Waals surface area contributed by atoms with Crippen molar-refractivity contribution in [2.75, 3.05) is 20.2 Å². The topological polar surface area (TPSA) is 105 Å². The van der Waals surface area contributed by atoms with Gasteiger partial charge in [0.1, 0.15) is 5.75 Å². The van der Waals surface area contributed by atoms with E-state index in [1.165, 1.54) is 17.7 Å². The van der Waals surface area contributed by atoms with Gasteiger partial charge >= 0.3 is 0 Å². The Morgan fingerprint density at radius 2 is 1.90 bits per heavy atom. The van der Waals surface area contributed by atoms with Crippen LogP contribution in [0.25, 0.3) is 10.9 Å². The summed E-state index contributed by atoms with van der Waals surface area (Å²) in [6.07, 6.45) is 3.72. The number of primary sulfonamides is 1. The van der Waals surface area contributed by atoms with Gasteiger partial charge in [-0.05, 0) is 67.1 Å². The first-order valence-electron chi connectivity index (χ1n) is 9.85. The van der Waals surface area contributed by atoms with Crippen molar-refractivity contribution in [1.29, 1.82) is 0 Å². The monoisotopic (exact) mass is 427 g/mol. The quantitative estimate of drug-likeness (QED) is 0.667. The molecular weight excluding hydrogens is 402 g/mol. The second-order valence-electron chi connectivity index (χ2n) is 7.74. The lowest BCUT2D eigenvalue weighted by molar-refractivity contribution is 0.0712. The van der Waals surface area contributed by atoms with Crippen LogP contribution in [0.4, 0.5) is 0 Å². The van der Waals surface area contributed by atoms with Crippen molar-refractivity contribution in [1.82, 2.24) is 9.88 Å². The minimum atomic E-state index is -3.86. The molecule has 1 fully saturated rings. The first kappa shape index (κ1) is 20.4. The van der Waals surface area contributed by atoms with Crippen LogP contribution in [0.5, 0.6) is 5.75 Å². The molecule has 3 N–H and O–H groups in total. The summed E-state index contributed by atoms with van der Waals surface area (Å²) in [4.78, 5) is 18.1. The molecule has 4 rings (SSSR count). The Morgan fingerprint density at radius 1 is 1.17 bits per heavy atom. The number of ether oxygens (including phenoxy) is 1. The number of methoxy groups -OCH3 is 1. The zero-order valence-corrected chi connectivity index (χ0v) is 17.8. The van der Waals surface area contributed by atoms with E-state index >= 15 is 0 Å². The van der Waals surface area contributed by atoms with Crippen molar-refractivity contribution in [3.63, 3.8) is 0 Å². The molecule has 0 bridgehead atoms. The van der Waals surface area contributed by atoms with Crippen LogP contribution in [0.2, 0.25) is 0 Å². The highest BCUT2D eigenvalue weighted by atomic mass is 32.2. The molecule has 3 aromatic rings. The number of piperidine rings is 1. The van der Waals surface area contributed by atoms with Gasteiger partial charge in [-0.2, -0.15) is 0 Å². The minimum Gasteiger partial charge on any atom is -0.497 e. The Kier molecular flexibility index (Phi) is 5.29. The summed E-state index contributed by atoms with van der Waals surface area (Å²) in [7, 11) is -2.20. The Labute approximate surface area is 175 Å². The molecule has 2 heterocycles. The SMILES string of the molecule is COc1ccc2[nH]cc(C3CCN(C(=O)c4cc(S(N)(=O)=O)ccc4C)CC3)c2c1. The van der Waals surface area contributed by atoms with Crippen molar-refractivity contribution in [2.24, 2.45) is 5.14 Å². The maximum atomic E-state index is 13.1.